The van der Waals surface area contributed by atoms with Crippen LogP contribution >= 0.6 is 0 Å². The van der Waals surface area contributed by atoms with E-state index in [0.29, 0.717) is 17.4 Å². The Labute approximate surface area is 219 Å². The monoisotopic (exact) mass is 502 g/mol. The summed E-state index contributed by atoms with van der Waals surface area (Å²) in [5.41, 5.74) is 13.7. The molecule has 9 nitrogen and oxygen atoms in total. The number of fused-ring (bicyclic) bond motifs is 2. The van der Waals surface area contributed by atoms with Gasteiger partial charge in [-0.1, -0.05) is 13.8 Å². The van der Waals surface area contributed by atoms with Gasteiger partial charge < -0.3 is 30.5 Å². The molecule has 3 aromatic rings. The standard InChI is InChI=1S/C28H38N8O/c1-28(2)17-36(23-14-18-8-7-9-20(18)31-26(23)28)25-10-11-30-27(33-25)32-21-15-19(29)22(16-24(21)37-6)35(5)13-12-34(3)4/h10-11,14-16H,7-9,12-13,17,29H2,1-6H3,(H,30,32,33). The zero-order valence-electron chi connectivity index (χ0n) is 22.8. The van der Waals surface area contributed by atoms with Crippen LogP contribution in [0.1, 0.15) is 37.2 Å². The van der Waals surface area contributed by atoms with Gasteiger partial charge in [-0.3, -0.25) is 4.98 Å². The molecule has 3 N–H and O–H groups in total. The highest BCUT2D eigenvalue weighted by molar-refractivity contribution is 5.79. The summed E-state index contributed by atoms with van der Waals surface area (Å²) >= 11 is 0. The molecular formula is C28H38N8O. The van der Waals surface area contributed by atoms with Crippen molar-refractivity contribution < 1.29 is 4.74 Å². The molecule has 0 bridgehead atoms. The van der Waals surface area contributed by atoms with Gasteiger partial charge in [-0.15, -0.1) is 0 Å². The van der Waals surface area contributed by atoms with Gasteiger partial charge in [-0.25, -0.2) is 4.98 Å². The van der Waals surface area contributed by atoms with Crippen LogP contribution in [0.3, 0.4) is 0 Å². The molecule has 0 fully saturated rings. The highest BCUT2D eigenvalue weighted by Gasteiger charge is 2.39. The molecule has 0 amide bonds. The number of nitrogens with two attached hydrogens (primary N) is 1. The van der Waals surface area contributed by atoms with Crippen molar-refractivity contribution in [2.24, 2.45) is 0 Å². The number of rotatable bonds is 8. The first kappa shape index (κ1) is 25.1. The fourth-order valence-corrected chi connectivity index (χ4v) is 5.26. The average Bonchev–Trinajstić information content (AvgIpc) is 3.43. The van der Waals surface area contributed by atoms with E-state index in [-0.39, 0.29) is 5.41 Å². The third-order valence-electron chi connectivity index (χ3n) is 7.32. The molecule has 0 radical (unpaired) electrons. The lowest BCUT2D eigenvalue weighted by Gasteiger charge is -2.24. The van der Waals surface area contributed by atoms with E-state index in [1.165, 1.54) is 17.7 Å². The zero-order valence-corrected chi connectivity index (χ0v) is 22.8. The van der Waals surface area contributed by atoms with Crippen molar-refractivity contribution in [1.82, 2.24) is 19.9 Å². The van der Waals surface area contributed by atoms with E-state index in [1.54, 1.807) is 13.3 Å². The number of likely N-dealkylation sites (N-methyl/N-ethyl adjacent to an activating group) is 2. The van der Waals surface area contributed by atoms with E-state index in [4.69, 9.17) is 20.4 Å². The quantitative estimate of drug-likeness (QED) is 0.441. The third-order valence-corrected chi connectivity index (χ3v) is 7.32. The van der Waals surface area contributed by atoms with Crippen LogP contribution in [0.2, 0.25) is 0 Å². The third kappa shape index (κ3) is 4.87. The van der Waals surface area contributed by atoms with Gasteiger partial charge >= 0.3 is 0 Å². The van der Waals surface area contributed by atoms with Crippen molar-refractivity contribution in [1.29, 1.82) is 0 Å². The van der Waals surface area contributed by atoms with Gasteiger partial charge in [-0.2, -0.15) is 4.98 Å². The van der Waals surface area contributed by atoms with Crippen molar-refractivity contribution >= 4 is 34.5 Å². The van der Waals surface area contributed by atoms with Gasteiger partial charge in [0.25, 0.3) is 0 Å². The number of ether oxygens (including phenoxy) is 1. The maximum Gasteiger partial charge on any atom is 0.229 e. The zero-order chi connectivity index (χ0) is 26.3. The molecule has 0 unspecified atom stereocenters. The largest absolute Gasteiger partial charge is 0.494 e. The number of benzene rings is 1. The summed E-state index contributed by atoms with van der Waals surface area (Å²) in [4.78, 5) is 21.0. The normalized spacial score (nSPS) is 15.6. The van der Waals surface area contributed by atoms with Crippen molar-refractivity contribution in [2.45, 2.75) is 38.5 Å². The summed E-state index contributed by atoms with van der Waals surface area (Å²) in [7, 11) is 7.81. The number of hydrogen-bond donors (Lipinski definition) is 2. The molecule has 5 rings (SSSR count). The van der Waals surface area contributed by atoms with Crippen molar-refractivity contribution in [2.75, 3.05) is 68.7 Å². The summed E-state index contributed by atoms with van der Waals surface area (Å²) in [5.74, 6) is 2.02. The van der Waals surface area contributed by atoms with Gasteiger partial charge in [0.05, 0.1) is 35.6 Å². The molecule has 9 heteroatoms. The molecule has 3 heterocycles. The first-order valence-electron chi connectivity index (χ1n) is 12.9. The number of methoxy groups -OCH3 is 1. The van der Waals surface area contributed by atoms with Gasteiger partial charge in [0.2, 0.25) is 5.95 Å². The molecule has 196 valence electrons. The molecular weight excluding hydrogens is 464 g/mol. The van der Waals surface area contributed by atoms with Crippen LogP contribution < -0.4 is 25.6 Å². The van der Waals surface area contributed by atoms with Gasteiger partial charge in [0, 0.05) is 50.1 Å². The summed E-state index contributed by atoms with van der Waals surface area (Å²) < 4.78 is 5.71. The van der Waals surface area contributed by atoms with Crippen LogP contribution in [0, 0.1) is 0 Å². The van der Waals surface area contributed by atoms with Gasteiger partial charge in [-0.05, 0) is 57.1 Å². The van der Waals surface area contributed by atoms with Crippen LogP contribution in [0.5, 0.6) is 5.75 Å². The van der Waals surface area contributed by atoms with E-state index < -0.39 is 0 Å². The molecule has 2 aliphatic rings. The molecule has 1 aliphatic heterocycles. The Morgan fingerprint density at radius 2 is 1.92 bits per heavy atom. The maximum atomic E-state index is 6.46. The SMILES string of the molecule is COc1cc(N(C)CCN(C)C)c(N)cc1Nc1nccc(N2CC(C)(C)c3nc4c(cc32)CCC4)n1. The Morgan fingerprint density at radius 1 is 1.11 bits per heavy atom. The molecule has 0 atom stereocenters. The second kappa shape index (κ2) is 9.70. The first-order valence-corrected chi connectivity index (χ1v) is 12.9. The Hall–Kier alpha value is -3.59. The van der Waals surface area contributed by atoms with Crippen molar-refractivity contribution in [3.05, 3.63) is 47.4 Å². The maximum absolute atomic E-state index is 6.46. The average molecular weight is 503 g/mol. The predicted molar refractivity (Wildman–Crippen MR) is 151 cm³/mol. The Kier molecular flexibility index (Phi) is 6.58. The fourth-order valence-electron chi connectivity index (χ4n) is 5.26. The smallest absolute Gasteiger partial charge is 0.229 e. The second-order valence-electron chi connectivity index (χ2n) is 11.0. The highest BCUT2D eigenvalue weighted by Crippen LogP contribution is 2.45. The molecule has 2 aromatic heterocycles. The lowest BCUT2D eigenvalue weighted by Crippen LogP contribution is -2.29. The Morgan fingerprint density at radius 3 is 2.68 bits per heavy atom. The topological polar surface area (TPSA) is 95.7 Å². The molecule has 0 spiro atoms. The van der Waals surface area contributed by atoms with Crippen LogP contribution in [-0.2, 0) is 18.3 Å². The minimum absolute atomic E-state index is 0.0579. The van der Waals surface area contributed by atoms with Crippen LogP contribution in [0.4, 0.5) is 34.5 Å². The summed E-state index contributed by atoms with van der Waals surface area (Å²) in [5, 5.41) is 3.33. The van der Waals surface area contributed by atoms with E-state index in [9.17, 15) is 0 Å². The van der Waals surface area contributed by atoms with Gasteiger partial charge in [0.1, 0.15) is 11.6 Å². The number of aromatic nitrogens is 3. The number of nitrogens with one attached hydrogen (secondary N) is 1. The van der Waals surface area contributed by atoms with Gasteiger partial charge in [0.15, 0.2) is 0 Å². The number of nitrogens with zero attached hydrogens (tertiary/aromatic N) is 6. The summed E-state index contributed by atoms with van der Waals surface area (Å²) in [6, 6.07) is 8.13. The summed E-state index contributed by atoms with van der Waals surface area (Å²) in [6.45, 7) is 7.10. The molecule has 37 heavy (non-hydrogen) atoms. The first-order chi connectivity index (χ1) is 17.7. The van der Waals surface area contributed by atoms with Crippen molar-refractivity contribution in [3.63, 3.8) is 0 Å². The van der Waals surface area contributed by atoms with Crippen LogP contribution in [-0.4, -0.2) is 67.7 Å². The van der Waals surface area contributed by atoms with Crippen molar-refractivity contribution in [3.8, 4) is 5.75 Å². The number of aryl methyl sites for hydroxylation is 2. The minimum Gasteiger partial charge on any atom is -0.494 e. The predicted octanol–water partition coefficient (Wildman–Crippen LogP) is 4.12. The Bertz CT molecular complexity index is 1310. The minimum atomic E-state index is -0.0579. The number of hydrogen-bond acceptors (Lipinski definition) is 9. The van der Waals surface area contributed by atoms with E-state index >= 15 is 0 Å². The fraction of sp³-hybridized carbons (Fsp3) is 0.464. The lowest BCUT2D eigenvalue weighted by molar-refractivity contribution is 0.413. The Balaban J connectivity index is 1.42. The number of pyridine rings is 1. The number of anilines is 6. The molecule has 1 aliphatic carbocycles. The molecule has 0 saturated heterocycles. The van der Waals surface area contributed by atoms with E-state index in [0.717, 1.165) is 61.0 Å². The summed E-state index contributed by atoms with van der Waals surface area (Å²) in [6.07, 6.45) is 5.15. The second-order valence-corrected chi connectivity index (χ2v) is 11.0. The van der Waals surface area contributed by atoms with Crippen LogP contribution in [0.15, 0.2) is 30.5 Å². The number of nitrogen functional groups attached to an aromatic ring is 1. The van der Waals surface area contributed by atoms with E-state index in [1.807, 2.05) is 25.2 Å². The van der Waals surface area contributed by atoms with Crippen LogP contribution in [0.25, 0.3) is 0 Å². The molecule has 1 aromatic carbocycles. The lowest BCUT2D eigenvalue weighted by atomic mass is 9.91. The van der Waals surface area contributed by atoms with E-state index in [2.05, 4.69) is 59.0 Å². The highest BCUT2D eigenvalue weighted by atomic mass is 16.5. The molecule has 0 saturated carbocycles.